The highest BCUT2D eigenvalue weighted by Gasteiger charge is 2.11. The quantitative estimate of drug-likeness (QED) is 0.556. The lowest BCUT2D eigenvalue weighted by molar-refractivity contribution is 0.0948. The van der Waals surface area contributed by atoms with Crippen LogP contribution in [-0.2, 0) is 6.54 Å². The summed E-state index contributed by atoms with van der Waals surface area (Å²) in [4.78, 5) is 24.2. The first-order valence-corrected chi connectivity index (χ1v) is 8.78. The molecule has 1 aromatic heterocycles. The predicted octanol–water partition coefficient (Wildman–Crippen LogP) is 4.21. The molecule has 0 aliphatic carbocycles. The summed E-state index contributed by atoms with van der Waals surface area (Å²) in [5.41, 5.74) is 1.82. The number of nitrogens with one attached hydrogen (secondary N) is 2. The first-order chi connectivity index (χ1) is 12.5. The smallest absolute Gasteiger partial charge is 0.291 e. The molecular formula is C19H14FIN2O3. The standard InChI is InChI=1S/C19H14FIN2O3/c20-13-6-7-15(16(21)10-13)18(24)22-11-12-3-1-4-14(9-12)23-19(25)17-5-2-8-26-17/h1-10H,11H2,(H,22,24)(H,23,25). The van der Waals surface area contributed by atoms with Crippen LogP contribution in [0.5, 0.6) is 0 Å². The fourth-order valence-electron chi connectivity index (χ4n) is 2.31. The second kappa shape index (κ2) is 8.13. The molecule has 0 aliphatic rings. The van der Waals surface area contributed by atoms with Crippen molar-refractivity contribution in [2.24, 2.45) is 0 Å². The Morgan fingerprint density at radius 1 is 1.04 bits per heavy atom. The normalized spacial score (nSPS) is 10.4. The van der Waals surface area contributed by atoms with E-state index < -0.39 is 0 Å². The van der Waals surface area contributed by atoms with Gasteiger partial charge in [0, 0.05) is 15.8 Å². The van der Waals surface area contributed by atoms with Crippen LogP contribution < -0.4 is 10.6 Å². The second-order valence-electron chi connectivity index (χ2n) is 5.44. The Balaban J connectivity index is 1.63. The summed E-state index contributed by atoms with van der Waals surface area (Å²) >= 11 is 1.92. The monoisotopic (exact) mass is 464 g/mol. The minimum Gasteiger partial charge on any atom is -0.459 e. The third kappa shape index (κ3) is 4.48. The molecule has 0 saturated carbocycles. The maximum atomic E-state index is 13.1. The van der Waals surface area contributed by atoms with Gasteiger partial charge in [0.15, 0.2) is 5.76 Å². The molecule has 26 heavy (non-hydrogen) atoms. The Morgan fingerprint density at radius 3 is 2.62 bits per heavy atom. The molecule has 0 unspecified atom stereocenters. The Bertz CT molecular complexity index is 942. The van der Waals surface area contributed by atoms with Gasteiger partial charge in [-0.1, -0.05) is 12.1 Å². The Morgan fingerprint density at radius 2 is 1.88 bits per heavy atom. The van der Waals surface area contributed by atoms with Crippen molar-refractivity contribution in [3.63, 3.8) is 0 Å². The van der Waals surface area contributed by atoms with E-state index in [4.69, 9.17) is 4.42 Å². The van der Waals surface area contributed by atoms with Crippen molar-refractivity contribution in [3.8, 4) is 0 Å². The molecule has 0 atom stereocenters. The summed E-state index contributed by atoms with van der Waals surface area (Å²) in [5.74, 6) is -0.808. The van der Waals surface area contributed by atoms with Gasteiger partial charge in [-0.15, -0.1) is 0 Å². The molecule has 5 nitrogen and oxygen atoms in total. The fourth-order valence-corrected chi connectivity index (χ4v) is 3.03. The largest absolute Gasteiger partial charge is 0.459 e. The van der Waals surface area contributed by atoms with Gasteiger partial charge in [-0.25, -0.2) is 4.39 Å². The van der Waals surface area contributed by atoms with Crippen molar-refractivity contribution in [1.82, 2.24) is 5.32 Å². The zero-order chi connectivity index (χ0) is 18.5. The van der Waals surface area contributed by atoms with E-state index in [0.717, 1.165) is 5.56 Å². The topological polar surface area (TPSA) is 71.3 Å². The summed E-state index contributed by atoms with van der Waals surface area (Å²) in [6, 6.07) is 14.3. The van der Waals surface area contributed by atoms with Gasteiger partial charge in [0.05, 0.1) is 11.8 Å². The summed E-state index contributed by atoms with van der Waals surface area (Å²) in [5, 5.41) is 5.52. The number of halogens is 2. The molecule has 0 saturated heterocycles. The van der Waals surface area contributed by atoms with Gasteiger partial charge in [-0.2, -0.15) is 0 Å². The minimum absolute atomic E-state index is 0.217. The molecular weight excluding hydrogens is 450 g/mol. The third-order valence-corrected chi connectivity index (χ3v) is 4.45. The van der Waals surface area contributed by atoms with Crippen LogP contribution in [0.2, 0.25) is 0 Å². The van der Waals surface area contributed by atoms with E-state index in [1.54, 1.807) is 30.3 Å². The van der Waals surface area contributed by atoms with E-state index in [2.05, 4.69) is 10.6 Å². The van der Waals surface area contributed by atoms with Crippen LogP contribution in [0.15, 0.2) is 65.3 Å². The van der Waals surface area contributed by atoms with E-state index in [0.29, 0.717) is 14.8 Å². The van der Waals surface area contributed by atoms with E-state index in [-0.39, 0.29) is 29.9 Å². The molecule has 3 aromatic rings. The lowest BCUT2D eigenvalue weighted by atomic mass is 10.1. The van der Waals surface area contributed by atoms with Gasteiger partial charge >= 0.3 is 0 Å². The number of anilines is 1. The van der Waals surface area contributed by atoms with Gasteiger partial charge in [0.25, 0.3) is 11.8 Å². The van der Waals surface area contributed by atoms with Crippen LogP contribution in [0.25, 0.3) is 0 Å². The lowest BCUT2D eigenvalue weighted by Crippen LogP contribution is -2.23. The van der Waals surface area contributed by atoms with Crippen molar-refractivity contribution in [1.29, 1.82) is 0 Å². The number of amides is 2. The maximum absolute atomic E-state index is 13.1. The number of carbonyl (C=O) groups is 2. The van der Waals surface area contributed by atoms with Crippen molar-refractivity contribution < 1.29 is 18.4 Å². The molecule has 2 amide bonds. The summed E-state index contributed by atoms with van der Waals surface area (Å²) in [6.07, 6.45) is 1.43. The SMILES string of the molecule is O=C(Nc1cccc(CNC(=O)c2ccc(F)cc2I)c1)c1ccco1. The summed E-state index contributed by atoms with van der Waals surface area (Å²) in [6.45, 7) is 0.275. The zero-order valence-electron chi connectivity index (χ0n) is 13.5. The number of hydrogen-bond donors (Lipinski definition) is 2. The van der Waals surface area contributed by atoms with Gasteiger partial charge in [0.2, 0.25) is 0 Å². The van der Waals surface area contributed by atoms with E-state index in [9.17, 15) is 14.0 Å². The molecule has 0 fully saturated rings. The highest BCUT2D eigenvalue weighted by Crippen LogP contribution is 2.15. The molecule has 2 N–H and O–H groups in total. The van der Waals surface area contributed by atoms with Crippen LogP contribution >= 0.6 is 22.6 Å². The van der Waals surface area contributed by atoms with Crippen LogP contribution in [-0.4, -0.2) is 11.8 Å². The summed E-state index contributed by atoms with van der Waals surface area (Å²) < 4.78 is 18.7. The molecule has 3 rings (SSSR count). The van der Waals surface area contributed by atoms with Gasteiger partial charge in [0.1, 0.15) is 5.82 Å². The van der Waals surface area contributed by atoms with E-state index in [1.165, 1.54) is 24.5 Å². The van der Waals surface area contributed by atoms with Crippen LogP contribution in [0.4, 0.5) is 10.1 Å². The average Bonchev–Trinajstić information content (AvgIpc) is 3.15. The molecule has 0 spiro atoms. The minimum atomic E-state index is -0.383. The van der Waals surface area contributed by atoms with Gasteiger partial charge in [-0.3, -0.25) is 9.59 Å². The molecule has 0 radical (unpaired) electrons. The third-order valence-electron chi connectivity index (χ3n) is 3.56. The number of benzene rings is 2. The number of hydrogen-bond acceptors (Lipinski definition) is 3. The van der Waals surface area contributed by atoms with Crippen LogP contribution in [0.3, 0.4) is 0 Å². The zero-order valence-corrected chi connectivity index (χ0v) is 15.6. The molecule has 1 heterocycles. The van der Waals surface area contributed by atoms with Crippen molar-refractivity contribution in [2.45, 2.75) is 6.54 Å². The Labute approximate surface area is 162 Å². The lowest BCUT2D eigenvalue weighted by Gasteiger charge is -2.09. The molecule has 0 aliphatic heterocycles. The molecule has 7 heteroatoms. The van der Waals surface area contributed by atoms with E-state index in [1.807, 2.05) is 28.7 Å². The average molecular weight is 464 g/mol. The summed E-state index contributed by atoms with van der Waals surface area (Å²) in [7, 11) is 0. The first kappa shape index (κ1) is 18.1. The van der Waals surface area contributed by atoms with Crippen LogP contribution in [0.1, 0.15) is 26.5 Å². The first-order valence-electron chi connectivity index (χ1n) is 7.70. The van der Waals surface area contributed by atoms with Crippen molar-refractivity contribution in [3.05, 3.63) is 87.1 Å². The number of carbonyl (C=O) groups excluding carboxylic acids is 2. The second-order valence-corrected chi connectivity index (χ2v) is 6.60. The van der Waals surface area contributed by atoms with Crippen molar-refractivity contribution in [2.75, 3.05) is 5.32 Å². The number of furan rings is 1. The maximum Gasteiger partial charge on any atom is 0.291 e. The van der Waals surface area contributed by atoms with Gasteiger partial charge in [-0.05, 0) is 70.6 Å². The predicted molar refractivity (Wildman–Crippen MR) is 103 cm³/mol. The molecule has 132 valence electrons. The Hall–Kier alpha value is -2.68. The van der Waals surface area contributed by atoms with E-state index >= 15 is 0 Å². The van der Waals surface area contributed by atoms with Crippen LogP contribution in [0, 0.1) is 9.39 Å². The van der Waals surface area contributed by atoms with Gasteiger partial charge < -0.3 is 15.1 Å². The molecule has 0 bridgehead atoms. The highest BCUT2D eigenvalue weighted by molar-refractivity contribution is 14.1. The van der Waals surface area contributed by atoms with Crippen molar-refractivity contribution >= 4 is 40.1 Å². The number of rotatable bonds is 5. The Kier molecular flexibility index (Phi) is 5.67. The molecule has 2 aromatic carbocycles. The fraction of sp³-hybridized carbons (Fsp3) is 0.0526. The highest BCUT2D eigenvalue weighted by atomic mass is 127.